The first-order valence-electron chi connectivity index (χ1n) is 6.94. The Balaban J connectivity index is 2.17. The zero-order valence-electron chi connectivity index (χ0n) is 13.0. The van der Waals surface area contributed by atoms with Gasteiger partial charge in [-0.05, 0) is 37.4 Å². The van der Waals surface area contributed by atoms with Gasteiger partial charge in [-0.25, -0.2) is 17.9 Å². The lowest BCUT2D eigenvalue weighted by Gasteiger charge is -2.09. The van der Waals surface area contributed by atoms with E-state index in [2.05, 4.69) is 4.72 Å². The Hall–Kier alpha value is -1.93. The van der Waals surface area contributed by atoms with Gasteiger partial charge >= 0.3 is 5.97 Å². The minimum Gasteiger partial charge on any atom is -0.454 e. The Bertz CT molecular complexity index is 928. The summed E-state index contributed by atoms with van der Waals surface area (Å²) in [6.07, 6.45) is 0. The van der Waals surface area contributed by atoms with Gasteiger partial charge in [0.25, 0.3) is 0 Å². The van der Waals surface area contributed by atoms with Crippen molar-refractivity contribution in [1.82, 2.24) is 4.72 Å². The second kappa shape index (κ2) is 7.97. The van der Waals surface area contributed by atoms with E-state index < -0.39 is 28.4 Å². The van der Waals surface area contributed by atoms with E-state index in [0.717, 1.165) is 6.07 Å². The van der Waals surface area contributed by atoms with Crippen LogP contribution in [0.3, 0.4) is 0 Å². The summed E-state index contributed by atoms with van der Waals surface area (Å²) in [5.74, 6) is -1.41. The largest absolute Gasteiger partial charge is 0.454 e. The monoisotopic (exact) mass is 401 g/mol. The Morgan fingerprint density at radius 1 is 1.04 bits per heavy atom. The highest BCUT2D eigenvalue weighted by molar-refractivity contribution is 7.89. The maximum atomic E-state index is 12.1. The number of esters is 1. The van der Waals surface area contributed by atoms with Gasteiger partial charge in [-0.1, -0.05) is 35.3 Å². The molecule has 0 saturated heterocycles. The SMILES string of the molecule is CNS(=O)(=O)c1ccc(Cl)c(C(=O)OCC(=O)c2ccccc2Cl)c1. The van der Waals surface area contributed by atoms with Gasteiger partial charge in [-0.15, -0.1) is 0 Å². The van der Waals surface area contributed by atoms with Crippen molar-refractivity contribution in [2.45, 2.75) is 4.90 Å². The number of ketones is 1. The average Bonchev–Trinajstić information content (AvgIpc) is 2.60. The summed E-state index contributed by atoms with van der Waals surface area (Å²) in [6.45, 7) is -0.554. The highest BCUT2D eigenvalue weighted by atomic mass is 35.5. The molecule has 25 heavy (non-hydrogen) atoms. The van der Waals surface area contributed by atoms with Crippen molar-refractivity contribution in [3.05, 3.63) is 63.6 Å². The van der Waals surface area contributed by atoms with Crippen molar-refractivity contribution < 1.29 is 22.7 Å². The van der Waals surface area contributed by atoms with E-state index in [1.54, 1.807) is 18.2 Å². The Morgan fingerprint density at radius 3 is 2.32 bits per heavy atom. The quantitative estimate of drug-likeness (QED) is 0.593. The van der Waals surface area contributed by atoms with Crippen LogP contribution in [0, 0.1) is 0 Å². The van der Waals surface area contributed by atoms with Crippen molar-refractivity contribution in [3.8, 4) is 0 Å². The van der Waals surface area contributed by atoms with Crippen LogP contribution in [-0.2, 0) is 14.8 Å². The van der Waals surface area contributed by atoms with Gasteiger partial charge in [0, 0.05) is 5.56 Å². The molecule has 0 aromatic heterocycles. The second-order valence-corrected chi connectivity index (χ2v) is 7.53. The summed E-state index contributed by atoms with van der Waals surface area (Å²) in [5.41, 5.74) is 0.0551. The molecule has 132 valence electrons. The molecule has 0 radical (unpaired) electrons. The van der Waals surface area contributed by atoms with Crippen molar-refractivity contribution in [2.24, 2.45) is 0 Å². The molecule has 0 atom stereocenters. The van der Waals surface area contributed by atoms with Crippen LogP contribution in [0.4, 0.5) is 0 Å². The topological polar surface area (TPSA) is 89.5 Å². The third-order valence-corrected chi connectivity index (χ3v) is 5.32. The molecule has 2 aromatic carbocycles. The van der Waals surface area contributed by atoms with Gasteiger partial charge in [0.1, 0.15) is 0 Å². The van der Waals surface area contributed by atoms with Gasteiger partial charge in [0.05, 0.1) is 20.5 Å². The van der Waals surface area contributed by atoms with Gasteiger partial charge in [0.15, 0.2) is 6.61 Å². The Morgan fingerprint density at radius 2 is 1.68 bits per heavy atom. The minimum absolute atomic E-state index is 0.00486. The molecule has 0 spiro atoms. The number of Topliss-reactive ketones (excluding diaryl/α,β-unsaturated/α-hetero) is 1. The average molecular weight is 402 g/mol. The number of carbonyl (C=O) groups excluding carboxylic acids is 2. The lowest BCUT2D eigenvalue weighted by Crippen LogP contribution is -2.20. The standard InChI is InChI=1S/C16H13Cl2NO5S/c1-19-25(22,23)10-6-7-14(18)12(8-10)16(21)24-9-15(20)11-4-2-3-5-13(11)17/h2-8,19H,9H2,1H3. The molecule has 9 heteroatoms. The normalized spacial score (nSPS) is 11.2. The fourth-order valence-corrected chi connectivity index (χ4v) is 3.11. The summed E-state index contributed by atoms with van der Waals surface area (Å²) < 4.78 is 30.7. The highest BCUT2D eigenvalue weighted by Crippen LogP contribution is 2.22. The Kier molecular flexibility index (Phi) is 6.18. The molecule has 0 heterocycles. The van der Waals surface area contributed by atoms with Gasteiger partial charge < -0.3 is 4.74 Å². The van der Waals surface area contributed by atoms with E-state index in [4.69, 9.17) is 27.9 Å². The molecule has 0 saturated carbocycles. The number of halogens is 2. The van der Waals surface area contributed by atoms with Crippen LogP contribution in [0.15, 0.2) is 47.4 Å². The molecule has 0 aliphatic heterocycles. The number of rotatable bonds is 6. The maximum Gasteiger partial charge on any atom is 0.340 e. The highest BCUT2D eigenvalue weighted by Gasteiger charge is 2.20. The zero-order valence-corrected chi connectivity index (χ0v) is 15.3. The molecule has 0 fully saturated rings. The van der Waals surface area contributed by atoms with E-state index in [1.807, 2.05) is 0 Å². The fourth-order valence-electron chi connectivity index (χ4n) is 1.92. The first-order chi connectivity index (χ1) is 11.8. The molecule has 0 aliphatic carbocycles. The number of sulfonamides is 1. The van der Waals surface area contributed by atoms with Crippen LogP contribution in [0.25, 0.3) is 0 Å². The first-order valence-corrected chi connectivity index (χ1v) is 9.18. The van der Waals surface area contributed by atoms with Gasteiger partial charge in [-0.2, -0.15) is 0 Å². The van der Waals surface area contributed by atoms with Crippen LogP contribution in [0.5, 0.6) is 0 Å². The van der Waals surface area contributed by atoms with E-state index >= 15 is 0 Å². The van der Waals surface area contributed by atoms with Gasteiger partial charge in [-0.3, -0.25) is 4.79 Å². The fraction of sp³-hybridized carbons (Fsp3) is 0.125. The van der Waals surface area contributed by atoms with Crippen molar-refractivity contribution in [2.75, 3.05) is 13.7 Å². The number of benzene rings is 2. The molecule has 0 unspecified atom stereocenters. The number of hydrogen-bond donors (Lipinski definition) is 1. The van der Waals surface area contributed by atoms with E-state index in [0.29, 0.717) is 0 Å². The lowest BCUT2D eigenvalue weighted by atomic mass is 10.1. The summed E-state index contributed by atoms with van der Waals surface area (Å²) >= 11 is 11.8. The summed E-state index contributed by atoms with van der Waals surface area (Å²) in [5, 5.41) is 0.244. The predicted molar refractivity (Wildman–Crippen MR) is 93.8 cm³/mol. The smallest absolute Gasteiger partial charge is 0.340 e. The second-order valence-electron chi connectivity index (χ2n) is 4.83. The molecule has 0 aliphatic rings. The van der Waals surface area contributed by atoms with Crippen LogP contribution >= 0.6 is 23.2 Å². The predicted octanol–water partition coefficient (Wildman–Crippen LogP) is 2.94. The van der Waals surface area contributed by atoms with Crippen molar-refractivity contribution >= 4 is 45.0 Å². The maximum absolute atomic E-state index is 12.1. The summed E-state index contributed by atoms with van der Waals surface area (Å²) in [7, 11) is -2.51. The molecular formula is C16H13Cl2NO5S. The zero-order chi connectivity index (χ0) is 18.6. The molecule has 0 bridgehead atoms. The molecular weight excluding hydrogens is 389 g/mol. The van der Waals surface area contributed by atoms with E-state index in [1.165, 1.54) is 25.2 Å². The number of nitrogens with one attached hydrogen (secondary N) is 1. The molecule has 6 nitrogen and oxygen atoms in total. The van der Waals surface area contributed by atoms with Crippen molar-refractivity contribution in [3.63, 3.8) is 0 Å². The third-order valence-electron chi connectivity index (χ3n) is 3.25. The van der Waals surface area contributed by atoms with Crippen LogP contribution < -0.4 is 4.72 Å². The number of carbonyl (C=O) groups is 2. The molecule has 2 rings (SSSR count). The van der Waals surface area contributed by atoms with Crippen LogP contribution in [0.1, 0.15) is 20.7 Å². The molecule has 1 N–H and O–H groups in total. The minimum atomic E-state index is -3.75. The number of hydrogen-bond acceptors (Lipinski definition) is 5. The van der Waals surface area contributed by atoms with E-state index in [9.17, 15) is 18.0 Å². The van der Waals surface area contributed by atoms with Crippen LogP contribution in [-0.4, -0.2) is 33.8 Å². The third kappa shape index (κ3) is 4.58. The first kappa shape index (κ1) is 19.4. The summed E-state index contributed by atoms with van der Waals surface area (Å²) in [4.78, 5) is 24.1. The van der Waals surface area contributed by atoms with Gasteiger partial charge in [0.2, 0.25) is 15.8 Å². The Labute approximate surface area is 154 Å². The van der Waals surface area contributed by atoms with E-state index in [-0.39, 0.29) is 26.1 Å². The van der Waals surface area contributed by atoms with Crippen LogP contribution in [0.2, 0.25) is 10.0 Å². The molecule has 2 aromatic rings. The molecule has 0 amide bonds. The summed E-state index contributed by atoms with van der Waals surface area (Å²) in [6, 6.07) is 9.93. The van der Waals surface area contributed by atoms with Crippen molar-refractivity contribution in [1.29, 1.82) is 0 Å². The lowest BCUT2D eigenvalue weighted by molar-refractivity contribution is 0.0474. The number of ether oxygens (including phenoxy) is 1.